The molecule has 7 heteroatoms. The number of nitrogens with one attached hydrogen (secondary N) is 2. The molecule has 2 aliphatic rings. The predicted molar refractivity (Wildman–Crippen MR) is 91.4 cm³/mol. The average Bonchev–Trinajstić information content (AvgIpc) is 3.16. The van der Waals surface area contributed by atoms with Crippen LogP contribution in [0, 0.1) is 0 Å². The Morgan fingerprint density at radius 3 is 2.64 bits per heavy atom. The van der Waals surface area contributed by atoms with Crippen molar-refractivity contribution in [2.75, 3.05) is 26.3 Å². The zero-order valence-corrected chi connectivity index (χ0v) is 14.0. The molecule has 0 saturated carbocycles. The topological polar surface area (TPSA) is 62.8 Å². The van der Waals surface area contributed by atoms with Crippen molar-refractivity contribution in [3.8, 4) is 0 Å². The Morgan fingerprint density at radius 1 is 1.09 bits per heavy atom. The van der Waals surface area contributed by atoms with Gasteiger partial charge in [0.15, 0.2) is 5.65 Å². The molecule has 2 aliphatic heterocycles. The molecule has 5 nitrogen and oxygen atoms in total. The van der Waals surface area contributed by atoms with Gasteiger partial charge in [-0.25, -0.2) is 9.97 Å². The van der Waals surface area contributed by atoms with Crippen molar-refractivity contribution < 1.29 is 4.74 Å². The van der Waals surface area contributed by atoms with Gasteiger partial charge in [-0.1, -0.05) is 0 Å². The third kappa shape index (κ3) is 3.23. The first-order valence-corrected chi connectivity index (χ1v) is 7.55. The second-order valence-electron chi connectivity index (χ2n) is 5.81. The number of aromatic amines is 1. The van der Waals surface area contributed by atoms with Gasteiger partial charge in [0.1, 0.15) is 5.82 Å². The maximum Gasteiger partial charge on any atom is 0.177 e. The summed E-state index contributed by atoms with van der Waals surface area (Å²) >= 11 is 0. The Kier molecular flexibility index (Phi) is 6.03. The van der Waals surface area contributed by atoms with Crippen LogP contribution < -0.4 is 5.32 Å². The van der Waals surface area contributed by atoms with Crippen molar-refractivity contribution in [1.82, 2.24) is 20.3 Å². The minimum Gasteiger partial charge on any atom is -0.381 e. The van der Waals surface area contributed by atoms with Crippen LogP contribution in [0.2, 0.25) is 0 Å². The largest absolute Gasteiger partial charge is 0.381 e. The van der Waals surface area contributed by atoms with E-state index < -0.39 is 0 Å². The summed E-state index contributed by atoms with van der Waals surface area (Å²) in [4.78, 5) is 12.6. The third-order valence-corrected chi connectivity index (χ3v) is 4.54. The highest BCUT2D eigenvalue weighted by atomic mass is 35.5. The molecule has 4 heterocycles. The van der Waals surface area contributed by atoms with Crippen LogP contribution in [0.5, 0.6) is 0 Å². The minimum absolute atomic E-state index is 0. The maximum absolute atomic E-state index is 5.47. The van der Waals surface area contributed by atoms with Gasteiger partial charge in [0, 0.05) is 18.7 Å². The Labute approximate surface area is 142 Å². The quantitative estimate of drug-likeness (QED) is 0.879. The third-order valence-electron chi connectivity index (χ3n) is 4.54. The van der Waals surface area contributed by atoms with Gasteiger partial charge in [0.05, 0.1) is 12.1 Å². The fourth-order valence-corrected chi connectivity index (χ4v) is 3.36. The summed E-state index contributed by atoms with van der Waals surface area (Å²) in [5.74, 6) is 2.08. The normalized spacial score (nSPS) is 22.3. The molecule has 1 atom stereocenters. The van der Waals surface area contributed by atoms with Crippen molar-refractivity contribution in [2.24, 2.45) is 0 Å². The molecule has 0 amide bonds. The number of hydrogen-bond acceptors (Lipinski definition) is 4. The molecule has 0 radical (unpaired) electrons. The van der Waals surface area contributed by atoms with Crippen LogP contribution in [0.15, 0.2) is 12.3 Å². The lowest BCUT2D eigenvalue weighted by Gasteiger charge is -2.23. The highest BCUT2D eigenvalue weighted by Gasteiger charge is 2.24. The van der Waals surface area contributed by atoms with E-state index in [1.54, 1.807) is 0 Å². The molecule has 0 spiro atoms. The van der Waals surface area contributed by atoms with Crippen LogP contribution in [0.4, 0.5) is 0 Å². The van der Waals surface area contributed by atoms with Gasteiger partial charge in [-0.15, -0.1) is 24.8 Å². The van der Waals surface area contributed by atoms with E-state index in [0.29, 0.717) is 11.8 Å². The SMILES string of the molecule is Cl.Cl.c1cc(C2CCNCC2)c2[nH]c(C3CCOC3)nc2n1. The first kappa shape index (κ1) is 17.5. The molecule has 1 unspecified atom stereocenters. The monoisotopic (exact) mass is 344 g/mol. The van der Waals surface area contributed by atoms with Gasteiger partial charge in [-0.3, -0.25) is 0 Å². The molecule has 2 saturated heterocycles. The maximum atomic E-state index is 5.47. The molecule has 22 heavy (non-hydrogen) atoms. The van der Waals surface area contributed by atoms with Crippen molar-refractivity contribution >= 4 is 36.0 Å². The molecule has 0 bridgehead atoms. The summed E-state index contributed by atoms with van der Waals surface area (Å²) in [6.45, 7) is 3.83. The number of ether oxygens (including phenoxy) is 1. The fraction of sp³-hybridized carbons (Fsp3) is 0.600. The summed E-state index contributed by atoms with van der Waals surface area (Å²) in [5.41, 5.74) is 3.39. The zero-order chi connectivity index (χ0) is 13.4. The van der Waals surface area contributed by atoms with Crippen LogP contribution in [0.1, 0.15) is 42.5 Å². The van der Waals surface area contributed by atoms with Crippen molar-refractivity contribution in [1.29, 1.82) is 0 Å². The molecule has 0 aromatic carbocycles. The van der Waals surface area contributed by atoms with E-state index in [-0.39, 0.29) is 24.8 Å². The number of pyridine rings is 1. The van der Waals surface area contributed by atoms with Gasteiger partial charge in [0.2, 0.25) is 0 Å². The minimum atomic E-state index is 0. The van der Waals surface area contributed by atoms with Crippen LogP contribution >= 0.6 is 24.8 Å². The Morgan fingerprint density at radius 2 is 1.91 bits per heavy atom. The molecule has 2 aromatic heterocycles. The summed E-state index contributed by atoms with van der Waals surface area (Å²) in [5, 5.41) is 3.42. The van der Waals surface area contributed by atoms with Gasteiger partial charge in [-0.2, -0.15) is 0 Å². The molecular formula is C15H22Cl2N4O. The highest BCUT2D eigenvalue weighted by Crippen LogP contribution is 2.31. The van der Waals surface area contributed by atoms with Gasteiger partial charge in [0.25, 0.3) is 0 Å². The Hall–Kier alpha value is -0.880. The second-order valence-corrected chi connectivity index (χ2v) is 5.81. The van der Waals surface area contributed by atoms with E-state index in [9.17, 15) is 0 Å². The van der Waals surface area contributed by atoms with Gasteiger partial charge in [-0.05, 0) is 49.9 Å². The lowest BCUT2D eigenvalue weighted by Crippen LogP contribution is -2.26. The summed E-state index contributed by atoms with van der Waals surface area (Å²) in [7, 11) is 0. The number of hydrogen-bond donors (Lipinski definition) is 2. The number of fused-ring (bicyclic) bond motifs is 1. The number of rotatable bonds is 2. The van der Waals surface area contributed by atoms with Crippen molar-refractivity contribution in [2.45, 2.75) is 31.1 Å². The van der Waals surface area contributed by atoms with Crippen LogP contribution in [0.25, 0.3) is 11.2 Å². The number of halogens is 2. The van der Waals surface area contributed by atoms with E-state index in [4.69, 9.17) is 4.74 Å². The van der Waals surface area contributed by atoms with Crippen LogP contribution in [0.3, 0.4) is 0 Å². The fourth-order valence-electron chi connectivity index (χ4n) is 3.36. The zero-order valence-electron chi connectivity index (χ0n) is 12.4. The number of aromatic nitrogens is 3. The van der Waals surface area contributed by atoms with E-state index >= 15 is 0 Å². The lowest BCUT2D eigenvalue weighted by atomic mass is 9.90. The Balaban J connectivity index is 0.000000882. The van der Waals surface area contributed by atoms with E-state index in [1.807, 2.05) is 6.20 Å². The number of imidazole rings is 1. The molecule has 2 N–H and O–H groups in total. The average molecular weight is 345 g/mol. The van der Waals surface area contributed by atoms with E-state index in [1.165, 1.54) is 18.4 Å². The number of H-pyrrole nitrogens is 1. The molecule has 2 aromatic rings. The predicted octanol–water partition coefficient (Wildman–Crippen LogP) is 2.77. The van der Waals surface area contributed by atoms with Crippen LogP contribution in [-0.4, -0.2) is 41.3 Å². The molecule has 122 valence electrons. The Bertz CT molecular complexity index is 607. The standard InChI is InChI=1S/C15H20N4O.2ClH/c1-5-16-6-2-10(1)12-3-7-17-15-13(12)18-14(19-15)11-4-8-20-9-11;;/h3,7,10-11,16H,1-2,4-6,8-9H2,(H,17,18,19);2*1H. The molecular weight excluding hydrogens is 323 g/mol. The number of piperidine rings is 1. The molecule has 4 rings (SSSR count). The van der Waals surface area contributed by atoms with Crippen molar-refractivity contribution in [3.05, 3.63) is 23.7 Å². The number of nitrogens with zero attached hydrogens (tertiary/aromatic N) is 2. The summed E-state index contributed by atoms with van der Waals surface area (Å²) < 4.78 is 5.47. The first-order chi connectivity index (χ1) is 9.92. The highest BCUT2D eigenvalue weighted by molar-refractivity contribution is 5.85. The smallest absolute Gasteiger partial charge is 0.177 e. The second kappa shape index (κ2) is 7.59. The van der Waals surface area contributed by atoms with Crippen LogP contribution in [-0.2, 0) is 4.74 Å². The summed E-state index contributed by atoms with van der Waals surface area (Å²) in [6, 6.07) is 2.16. The van der Waals surface area contributed by atoms with Gasteiger partial charge < -0.3 is 15.0 Å². The first-order valence-electron chi connectivity index (χ1n) is 7.55. The molecule has 2 fully saturated rings. The van der Waals surface area contributed by atoms with Crippen molar-refractivity contribution in [3.63, 3.8) is 0 Å². The van der Waals surface area contributed by atoms with E-state index in [2.05, 4.69) is 26.3 Å². The summed E-state index contributed by atoms with van der Waals surface area (Å²) in [6.07, 6.45) is 5.35. The lowest BCUT2D eigenvalue weighted by molar-refractivity contribution is 0.193. The van der Waals surface area contributed by atoms with E-state index in [0.717, 1.165) is 49.7 Å². The molecule has 0 aliphatic carbocycles. The van der Waals surface area contributed by atoms with Gasteiger partial charge >= 0.3 is 0 Å².